The number of hydrogen-bond acceptors (Lipinski definition) is 3. The highest BCUT2D eigenvalue weighted by atomic mass is 16.3. The third-order valence-corrected chi connectivity index (χ3v) is 2.36. The molecule has 78 valence electrons. The maximum absolute atomic E-state index is 8.98. The van der Waals surface area contributed by atoms with Crippen LogP contribution in [0.1, 0.15) is 17.0 Å². The first-order valence-electron chi connectivity index (χ1n) is 4.96. The average Bonchev–Trinajstić information content (AvgIpc) is 2.75. The highest BCUT2D eigenvalue weighted by Crippen LogP contribution is 2.11. The van der Waals surface area contributed by atoms with Gasteiger partial charge >= 0.3 is 0 Å². The van der Waals surface area contributed by atoms with Gasteiger partial charge in [0, 0.05) is 6.42 Å². The molecule has 0 bridgehead atoms. The Hall–Kier alpha value is -1.61. The van der Waals surface area contributed by atoms with Crippen molar-refractivity contribution < 1.29 is 9.52 Å². The van der Waals surface area contributed by atoms with E-state index >= 15 is 0 Å². The topological polar surface area (TPSA) is 46.3 Å². The maximum Gasteiger partial charge on any atom is 0.181 e. The lowest BCUT2D eigenvalue weighted by molar-refractivity contribution is 0.274. The number of aryl methyl sites for hydroxylation is 2. The minimum atomic E-state index is -0.0549. The molecule has 0 spiro atoms. The molecule has 0 saturated carbocycles. The first kappa shape index (κ1) is 9.93. The molecule has 15 heavy (non-hydrogen) atoms. The van der Waals surface area contributed by atoms with E-state index in [0.717, 1.165) is 18.6 Å². The van der Waals surface area contributed by atoms with Crippen LogP contribution in [0.15, 0.2) is 41.1 Å². The molecule has 2 rings (SSSR count). The van der Waals surface area contributed by atoms with E-state index in [4.69, 9.17) is 9.52 Å². The Labute approximate surface area is 88.4 Å². The largest absolute Gasteiger partial charge is 0.448 e. The lowest BCUT2D eigenvalue weighted by atomic mass is 10.1. The molecule has 3 heteroatoms. The van der Waals surface area contributed by atoms with Gasteiger partial charge in [-0.05, 0) is 12.0 Å². The van der Waals surface area contributed by atoms with E-state index in [2.05, 4.69) is 17.1 Å². The summed E-state index contributed by atoms with van der Waals surface area (Å²) in [6.45, 7) is -0.0549. The lowest BCUT2D eigenvalue weighted by Crippen LogP contribution is -1.94. The average molecular weight is 203 g/mol. The number of benzene rings is 1. The second kappa shape index (κ2) is 4.75. The third-order valence-electron chi connectivity index (χ3n) is 2.36. The summed E-state index contributed by atoms with van der Waals surface area (Å²) in [7, 11) is 0. The quantitative estimate of drug-likeness (QED) is 0.826. The van der Waals surface area contributed by atoms with Crippen LogP contribution in [0, 0.1) is 0 Å². The summed E-state index contributed by atoms with van der Waals surface area (Å²) in [5.74, 6) is 0.779. The Bertz CT molecular complexity index is 409. The van der Waals surface area contributed by atoms with Crippen molar-refractivity contribution in [1.29, 1.82) is 0 Å². The van der Waals surface area contributed by atoms with Gasteiger partial charge in [-0.15, -0.1) is 0 Å². The summed E-state index contributed by atoms with van der Waals surface area (Å²) in [5, 5.41) is 8.98. The molecule has 0 aliphatic heterocycles. The van der Waals surface area contributed by atoms with Crippen LogP contribution in [-0.4, -0.2) is 10.1 Å². The summed E-state index contributed by atoms with van der Waals surface area (Å²) in [4.78, 5) is 3.93. The fourth-order valence-corrected chi connectivity index (χ4v) is 1.53. The van der Waals surface area contributed by atoms with Crippen molar-refractivity contribution in [3.8, 4) is 0 Å². The van der Waals surface area contributed by atoms with Crippen LogP contribution in [0.3, 0.4) is 0 Å². The van der Waals surface area contributed by atoms with Gasteiger partial charge < -0.3 is 9.52 Å². The van der Waals surface area contributed by atoms with Crippen molar-refractivity contribution in [3.05, 3.63) is 53.7 Å². The minimum absolute atomic E-state index is 0.0549. The van der Waals surface area contributed by atoms with Gasteiger partial charge in [0.05, 0.1) is 6.61 Å². The fraction of sp³-hybridized carbons (Fsp3) is 0.250. The first-order chi connectivity index (χ1) is 7.40. The van der Waals surface area contributed by atoms with Crippen molar-refractivity contribution in [3.63, 3.8) is 0 Å². The molecule has 0 amide bonds. The Balaban J connectivity index is 1.99. The predicted octanol–water partition coefficient (Wildman–Crippen LogP) is 1.95. The van der Waals surface area contributed by atoms with Crippen molar-refractivity contribution in [2.24, 2.45) is 0 Å². The van der Waals surface area contributed by atoms with Gasteiger partial charge in [-0.25, -0.2) is 4.98 Å². The molecule has 1 aromatic heterocycles. The van der Waals surface area contributed by atoms with Crippen LogP contribution in [0.5, 0.6) is 0 Å². The van der Waals surface area contributed by atoms with E-state index in [-0.39, 0.29) is 6.61 Å². The summed E-state index contributed by atoms with van der Waals surface area (Å²) in [6, 6.07) is 10.2. The first-order valence-corrected chi connectivity index (χ1v) is 4.96. The fourth-order valence-electron chi connectivity index (χ4n) is 1.53. The standard InChI is InChI=1S/C12H13NO2/c14-8-11-12(15-9-13-11)7-6-10-4-2-1-3-5-10/h1-5,9,14H,6-8H2. The zero-order chi connectivity index (χ0) is 10.5. The minimum Gasteiger partial charge on any atom is -0.448 e. The Kier molecular flexibility index (Phi) is 3.15. The summed E-state index contributed by atoms with van der Waals surface area (Å²) >= 11 is 0. The van der Waals surface area contributed by atoms with E-state index in [0.29, 0.717) is 5.69 Å². The second-order valence-electron chi connectivity index (χ2n) is 3.37. The van der Waals surface area contributed by atoms with Crippen molar-refractivity contribution >= 4 is 0 Å². The number of oxazole rings is 1. The van der Waals surface area contributed by atoms with E-state index in [1.807, 2.05) is 18.2 Å². The van der Waals surface area contributed by atoms with Gasteiger partial charge in [0.1, 0.15) is 11.5 Å². The van der Waals surface area contributed by atoms with Crippen LogP contribution in [-0.2, 0) is 19.4 Å². The van der Waals surface area contributed by atoms with Gasteiger partial charge in [0.2, 0.25) is 0 Å². The molecule has 0 aliphatic carbocycles. The SMILES string of the molecule is OCc1ncoc1CCc1ccccc1. The molecule has 1 N–H and O–H groups in total. The van der Waals surface area contributed by atoms with Crippen LogP contribution < -0.4 is 0 Å². The van der Waals surface area contributed by atoms with Gasteiger partial charge in [-0.1, -0.05) is 30.3 Å². The van der Waals surface area contributed by atoms with E-state index < -0.39 is 0 Å². The van der Waals surface area contributed by atoms with Gasteiger partial charge in [-0.3, -0.25) is 0 Å². The molecule has 0 atom stereocenters. The van der Waals surface area contributed by atoms with Crippen LogP contribution in [0.4, 0.5) is 0 Å². The normalized spacial score (nSPS) is 10.5. The molecule has 0 saturated heterocycles. The number of rotatable bonds is 4. The Morgan fingerprint density at radius 1 is 1.13 bits per heavy atom. The van der Waals surface area contributed by atoms with Crippen LogP contribution in [0.2, 0.25) is 0 Å². The monoisotopic (exact) mass is 203 g/mol. The van der Waals surface area contributed by atoms with Gasteiger partial charge in [-0.2, -0.15) is 0 Å². The highest BCUT2D eigenvalue weighted by Gasteiger charge is 2.06. The molecule has 3 nitrogen and oxygen atoms in total. The maximum atomic E-state index is 8.98. The predicted molar refractivity (Wildman–Crippen MR) is 56.3 cm³/mol. The number of nitrogens with zero attached hydrogens (tertiary/aromatic N) is 1. The van der Waals surface area contributed by atoms with Crippen molar-refractivity contribution in [1.82, 2.24) is 4.98 Å². The second-order valence-corrected chi connectivity index (χ2v) is 3.37. The molecule has 0 aliphatic rings. The number of hydrogen-bond donors (Lipinski definition) is 1. The van der Waals surface area contributed by atoms with E-state index in [9.17, 15) is 0 Å². The molecule has 2 aromatic rings. The van der Waals surface area contributed by atoms with Crippen molar-refractivity contribution in [2.75, 3.05) is 0 Å². The van der Waals surface area contributed by atoms with E-state index in [1.165, 1.54) is 12.0 Å². The van der Waals surface area contributed by atoms with Crippen LogP contribution in [0.25, 0.3) is 0 Å². The smallest absolute Gasteiger partial charge is 0.181 e. The van der Waals surface area contributed by atoms with Gasteiger partial charge in [0.25, 0.3) is 0 Å². The Morgan fingerprint density at radius 3 is 2.67 bits per heavy atom. The summed E-state index contributed by atoms with van der Waals surface area (Å²) in [5.41, 5.74) is 1.91. The molecule has 1 heterocycles. The van der Waals surface area contributed by atoms with Gasteiger partial charge in [0.15, 0.2) is 6.39 Å². The molecular formula is C12H13NO2. The highest BCUT2D eigenvalue weighted by molar-refractivity contribution is 5.17. The lowest BCUT2D eigenvalue weighted by Gasteiger charge is -1.99. The number of aromatic nitrogens is 1. The molecular weight excluding hydrogens is 190 g/mol. The summed E-state index contributed by atoms with van der Waals surface area (Å²) in [6.07, 6.45) is 3.06. The molecule has 1 aromatic carbocycles. The third kappa shape index (κ3) is 2.44. The van der Waals surface area contributed by atoms with Crippen molar-refractivity contribution in [2.45, 2.75) is 19.4 Å². The number of aliphatic hydroxyl groups is 1. The molecule has 0 fully saturated rings. The van der Waals surface area contributed by atoms with E-state index in [1.54, 1.807) is 0 Å². The number of aliphatic hydroxyl groups excluding tert-OH is 1. The zero-order valence-corrected chi connectivity index (χ0v) is 8.39. The Morgan fingerprint density at radius 2 is 1.93 bits per heavy atom. The van der Waals surface area contributed by atoms with Crippen LogP contribution >= 0.6 is 0 Å². The zero-order valence-electron chi connectivity index (χ0n) is 8.39. The summed E-state index contributed by atoms with van der Waals surface area (Å²) < 4.78 is 5.21. The molecule has 0 unspecified atom stereocenters. The molecule has 0 radical (unpaired) electrons.